The number of aliphatic carboxylic acids is 4. The van der Waals surface area contributed by atoms with Gasteiger partial charge in [-0.25, -0.2) is 0 Å². The van der Waals surface area contributed by atoms with E-state index in [1.54, 1.807) is 24.3 Å². The molecule has 0 aliphatic heterocycles. The first kappa shape index (κ1) is 24.0. The van der Waals surface area contributed by atoms with E-state index in [1.165, 1.54) is 0 Å². The molecule has 1 atom stereocenters. The molecule has 0 aliphatic rings. The van der Waals surface area contributed by atoms with Gasteiger partial charge in [-0.3, -0.25) is 29.0 Å². The first-order valence-electron chi connectivity index (χ1n) is 8.65. The van der Waals surface area contributed by atoms with Crippen LogP contribution in [0.3, 0.4) is 0 Å². The second kappa shape index (κ2) is 12.4. The molecule has 1 aromatic carbocycles. The lowest BCUT2D eigenvalue weighted by molar-refractivity contribution is -0.150. The van der Waals surface area contributed by atoms with E-state index in [0.717, 1.165) is 15.4 Å². The van der Waals surface area contributed by atoms with Gasteiger partial charge in [0.25, 0.3) is 0 Å². The lowest BCUT2D eigenvalue weighted by Gasteiger charge is -2.29. The molecule has 1 unspecified atom stereocenters. The van der Waals surface area contributed by atoms with Gasteiger partial charge in [-0.2, -0.15) is 0 Å². The lowest BCUT2D eigenvalue weighted by Crippen LogP contribution is -2.50. The fourth-order valence-corrected chi connectivity index (χ4v) is 2.58. The van der Waals surface area contributed by atoms with E-state index < -0.39 is 49.6 Å². The highest BCUT2D eigenvalue weighted by molar-refractivity contribution is 5.76. The van der Waals surface area contributed by atoms with Crippen LogP contribution in [0.2, 0.25) is 0 Å². The van der Waals surface area contributed by atoms with Crippen molar-refractivity contribution >= 4 is 23.9 Å². The van der Waals surface area contributed by atoms with Crippen molar-refractivity contribution in [3.63, 3.8) is 0 Å². The molecule has 1 rings (SSSR count). The summed E-state index contributed by atoms with van der Waals surface area (Å²) >= 11 is 0. The van der Waals surface area contributed by atoms with E-state index in [2.05, 4.69) is 0 Å². The highest BCUT2D eigenvalue weighted by Crippen LogP contribution is 2.06. The Bertz CT molecular complexity index is 680. The number of carboxylic acid groups (broad SMARTS) is 4. The van der Waals surface area contributed by atoms with Gasteiger partial charge in [-0.1, -0.05) is 30.3 Å². The maximum absolute atomic E-state index is 11.6. The summed E-state index contributed by atoms with van der Waals surface area (Å²) in [6.45, 7) is -2.25. The lowest BCUT2D eigenvalue weighted by atomic mass is 10.2. The number of carboxylic acids is 4. The molecule has 0 aromatic heterocycles. The first-order chi connectivity index (χ1) is 13.7. The summed E-state index contributed by atoms with van der Waals surface area (Å²) < 4.78 is 5.42. The van der Waals surface area contributed by atoms with Crippen molar-refractivity contribution in [1.82, 2.24) is 9.80 Å². The van der Waals surface area contributed by atoms with Gasteiger partial charge in [0.2, 0.25) is 0 Å². The topological polar surface area (TPSA) is 165 Å². The van der Waals surface area contributed by atoms with E-state index in [0.29, 0.717) is 0 Å². The minimum absolute atomic E-state index is 0.135. The van der Waals surface area contributed by atoms with Crippen LogP contribution in [-0.4, -0.2) is 99.5 Å². The molecule has 0 radical (unpaired) electrons. The average Bonchev–Trinajstić information content (AvgIpc) is 2.61. The molecule has 0 aliphatic carbocycles. The summed E-state index contributed by atoms with van der Waals surface area (Å²) in [6.07, 6.45) is 0. The van der Waals surface area contributed by atoms with Crippen molar-refractivity contribution in [1.29, 1.82) is 0 Å². The molecule has 0 spiro atoms. The zero-order valence-corrected chi connectivity index (χ0v) is 15.6. The molecule has 29 heavy (non-hydrogen) atoms. The second-order valence-corrected chi connectivity index (χ2v) is 6.22. The fraction of sp³-hybridized carbons (Fsp3) is 0.444. The van der Waals surface area contributed by atoms with Gasteiger partial charge in [0.15, 0.2) is 0 Å². The zero-order chi connectivity index (χ0) is 21.8. The van der Waals surface area contributed by atoms with Gasteiger partial charge < -0.3 is 25.2 Å². The molecule has 160 valence electrons. The molecule has 0 amide bonds. The number of hydrogen-bond acceptors (Lipinski definition) is 7. The Balaban J connectivity index is 2.78. The molecule has 11 nitrogen and oxygen atoms in total. The molecule has 0 heterocycles. The summed E-state index contributed by atoms with van der Waals surface area (Å²) in [5.41, 5.74) is 0.815. The Morgan fingerprint density at radius 2 is 1.38 bits per heavy atom. The normalized spacial score (nSPS) is 12.1. The van der Waals surface area contributed by atoms with Crippen LogP contribution in [-0.2, 0) is 30.5 Å². The minimum atomic E-state index is -1.30. The predicted molar refractivity (Wildman–Crippen MR) is 98.4 cm³/mol. The van der Waals surface area contributed by atoms with Crippen LogP contribution < -0.4 is 0 Å². The SMILES string of the molecule is O=C(O)CN(CCN(CC(=O)O)C(COCc1ccccc1)C(=O)O)CC(=O)O. The van der Waals surface area contributed by atoms with Gasteiger partial charge in [-0.05, 0) is 5.56 Å². The third-order valence-electron chi connectivity index (χ3n) is 3.87. The Kier molecular flexibility index (Phi) is 10.3. The molecule has 0 saturated heterocycles. The quantitative estimate of drug-likeness (QED) is 0.294. The predicted octanol–water partition coefficient (Wildman–Crippen LogP) is -0.486. The van der Waals surface area contributed by atoms with E-state index in [4.69, 9.17) is 20.1 Å². The molecule has 4 N–H and O–H groups in total. The monoisotopic (exact) mass is 412 g/mol. The van der Waals surface area contributed by atoms with Crippen molar-refractivity contribution in [2.24, 2.45) is 0 Å². The third-order valence-corrected chi connectivity index (χ3v) is 3.87. The largest absolute Gasteiger partial charge is 0.480 e. The maximum Gasteiger partial charge on any atom is 0.323 e. The van der Waals surface area contributed by atoms with Crippen LogP contribution in [0.1, 0.15) is 5.56 Å². The van der Waals surface area contributed by atoms with Crippen LogP contribution in [0, 0.1) is 0 Å². The Morgan fingerprint density at radius 3 is 1.86 bits per heavy atom. The summed E-state index contributed by atoms with van der Waals surface area (Å²) in [5, 5.41) is 36.3. The highest BCUT2D eigenvalue weighted by atomic mass is 16.5. The van der Waals surface area contributed by atoms with Crippen molar-refractivity contribution in [3.05, 3.63) is 35.9 Å². The van der Waals surface area contributed by atoms with Crippen molar-refractivity contribution in [2.75, 3.05) is 39.3 Å². The van der Waals surface area contributed by atoms with Crippen LogP contribution in [0.4, 0.5) is 0 Å². The number of hydrogen-bond donors (Lipinski definition) is 4. The summed E-state index contributed by atoms with van der Waals surface area (Å²) in [7, 11) is 0. The molecule has 0 bridgehead atoms. The van der Waals surface area contributed by atoms with Crippen LogP contribution in [0.5, 0.6) is 0 Å². The van der Waals surface area contributed by atoms with E-state index >= 15 is 0 Å². The minimum Gasteiger partial charge on any atom is -0.480 e. The number of rotatable bonds is 15. The molecular formula is C18H24N2O9. The number of carbonyl (C=O) groups is 4. The second-order valence-electron chi connectivity index (χ2n) is 6.22. The van der Waals surface area contributed by atoms with Gasteiger partial charge in [-0.15, -0.1) is 0 Å². The summed E-state index contributed by atoms with van der Waals surface area (Å²) in [5.74, 6) is -5.08. The Hall–Kier alpha value is -3.02. The number of benzene rings is 1. The van der Waals surface area contributed by atoms with E-state index in [1.807, 2.05) is 6.07 Å². The van der Waals surface area contributed by atoms with Gasteiger partial charge in [0.05, 0.1) is 32.8 Å². The fourth-order valence-electron chi connectivity index (χ4n) is 2.58. The van der Waals surface area contributed by atoms with E-state index in [-0.39, 0.29) is 26.3 Å². The maximum atomic E-state index is 11.6. The Morgan fingerprint density at radius 1 is 0.828 bits per heavy atom. The molecule has 0 fully saturated rings. The molecule has 1 aromatic rings. The van der Waals surface area contributed by atoms with Gasteiger partial charge in [0, 0.05) is 13.1 Å². The number of nitrogens with zero attached hydrogens (tertiary/aromatic N) is 2. The highest BCUT2D eigenvalue weighted by Gasteiger charge is 2.28. The van der Waals surface area contributed by atoms with E-state index in [9.17, 15) is 24.3 Å². The first-order valence-corrected chi connectivity index (χ1v) is 8.65. The summed E-state index contributed by atoms with van der Waals surface area (Å²) in [6, 6.07) is 7.69. The molecular weight excluding hydrogens is 388 g/mol. The van der Waals surface area contributed by atoms with Crippen LogP contribution >= 0.6 is 0 Å². The Labute approximate surface area is 166 Å². The van der Waals surface area contributed by atoms with Crippen molar-refractivity contribution < 1.29 is 44.3 Å². The zero-order valence-electron chi connectivity index (χ0n) is 15.6. The smallest absolute Gasteiger partial charge is 0.323 e. The number of ether oxygens (including phenoxy) is 1. The standard InChI is InChI=1S/C18H24N2O9/c21-15(22)8-19(9-16(23)24)6-7-20(10-17(25)26)14(18(27)28)12-29-11-13-4-2-1-3-5-13/h1-5,14H,6-12H2,(H,21,22)(H,23,24)(H,25,26)(H,27,28). The molecule has 0 saturated carbocycles. The van der Waals surface area contributed by atoms with Crippen molar-refractivity contribution in [3.8, 4) is 0 Å². The molecule has 11 heteroatoms. The van der Waals surface area contributed by atoms with Gasteiger partial charge >= 0.3 is 23.9 Å². The van der Waals surface area contributed by atoms with Crippen LogP contribution in [0.15, 0.2) is 30.3 Å². The van der Waals surface area contributed by atoms with Crippen molar-refractivity contribution in [2.45, 2.75) is 12.6 Å². The van der Waals surface area contributed by atoms with Gasteiger partial charge in [0.1, 0.15) is 6.04 Å². The average molecular weight is 412 g/mol. The summed E-state index contributed by atoms with van der Waals surface area (Å²) in [4.78, 5) is 46.7. The third kappa shape index (κ3) is 10.2. The van der Waals surface area contributed by atoms with Crippen LogP contribution in [0.25, 0.3) is 0 Å².